The van der Waals surface area contributed by atoms with Crippen LogP contribution in [0, 0.1) is 0 Å². The molecular weight excluding hydrogens is 443 g/mol. The van der Waals surface area contributed by atoms with Gasteiger partial charge in [0.15, 0.2) is 5.82 Å². The number of fused-ring (bicyclic) bond motifs is 1. The van der Waals surface area contributed by atoms with Gasteiger partial charge in [0.2, 0.25) is 0 Å². The third-order valence-corrected chi connectivity index (χ3v) is 4.91. The van der Waals surface area contributed by atoms with Crippen molar-refractivity contribution in [3.63, 3.8) is 0 Å². The van der Waals surface area contributed by atoms with Crippen molar-refractivity contribution in [1.29, 1.82) is 0 Å². The molecule has 32 heavy (non-hydrogen) atoms. The zero-order chi connectivity index (χ0) is 23.5. The van der Waals surface area contributed by atoms with Crippen LogP contribution < -0.4 is 11.0 Å². The molecule has 2 aromatic carbocycles. The van der Waals surface area contributed by atoms with Crippen LogP contribution in [0.2, 0.25) is 5.02 Å². The second kappa shape index (κ2) is 9.40. The highest BCUT2D eigenvalue weighted by Crippen LogP contribution is 2.31. The molecule has 3 aromatic rings. The smallest absolute Gasteiger partial charge is 0.267 e. The van der Waals surface area contributed by atoms with Gasteiger partial charge in [0.1, 0.15) is 0 Å². The third-order valence-electron chi connectivity index (χ3n) is 4.67. The van der Waals surface area contributed by atoms with E-state index in [1.165, 1.54) is 32.1 Å². The molecule has 1 amide bonds. The number of carbonyl (C=O) groups is 1. The van der Waals surface area contributed by atoms with Crippen molar-refractivity contribution in [3.05, 3.63) is 87.2 Å². The molecule has 0 spiro atoms. The Hall–Kier alpha value is -3.39. The number of para-hydroxylation sites is 1. The van der Waals surface area contributed by atoms with Gasteiger partial charge < -0.3 is 0 Å². The van der Waals surface area contributed by atoms with E-state index >= 15 is 0 Å². The number of amides is 1. The van der Waals surface area contributed by atoms with Crippen molar-refractivity contribution in [3.8, 4) is 11.4 Å². The van der Waals surface area contributed by atoms with Gasteiger partial charge in [-0.3, -0.25) is 15.0 Å². The van der Waals surface area contributed by atoms with Crippen LogP contribution in [0.5, 0.6) is 0 Å². The van der Waals surface area contributed by atoms with E-state index in [1.54, 1.807) is 36.4 Å². The Bertz CT molecular complexity index is 1290. The van der Waals surface area contributed by atoms with E-state index in [4.69, 9.17) is 11.6 Å². The van der Waals surface area contributed by atoms with Crippen molar-refractivity contribution in [2.75, 3.05) is 5.43 Å². The highest BCUT2D eigenvalue weighted by atomic mass is 35.5. The van der Waals surface area contributed by atoms with Gasteiger partial charge in [-0.2, -0.15) is 17.8 Å². The first-order chi connectivity index (χ1) is 15.2. The van der Waals surface area contributed by atoms with E-state index in [2.05, 4.69) is 10.4 Å². The number of aromatic nitrogens is 2. The van der Waals surface area contributed by atoms with Gasteiger partial charge in [-0.05, 0) is 37.6 Å². The standard InChI is InChI=1S/C23H19ClF3N3O2/c1-3-8-16(18(4-2)23(25,26)27)21(31)29-30-20(14-9-7-10-15(24)13-14)28-19-12-6-5-11-17(19)22(30)32/h3,5-13H,4H2,1-2H3,(H,29,31)/b8-3-,18-16-. The molecule has 0 saturated carbocycles. The Labute approximate surface area is 186 Å². The number of hydrogen-bond donors (Lipinski definition) is 1. The predicted molar refractivity (Wildman–Crippen MR) is 119 cm³/mol. The molecule has 9 heteroatoms. The van der Waals surface area contributed by atoms with Crippen LogP contribution in [0.3, 0.4) is 0 Å². The Morgan fingerprint density at radius 2 is 1.91 bits per heavy atom. The second-order valence-corrected chi connectivity index (χ2v) is 7.22. The van der Waals surface area contributed by atoms with E-state index in [0.29, 0.717) is 16.1 Å². The average Bonchev–Trinajstić information content (AvgIpc) is 2.74. The summed E-state index contributed by atoms with van der Waals surface area (Å²) < 4.78 is 41.4. The number of benzene rings is 2. The number of allylic oxidation sites excluding steroid dienone is 2. The maximum atomic E-state index is 13.5. The molecular formula is C23H19ClF3N3O2. The molecule has 5 nitrogen and oxygen atoms in total. The van der Waals surface area contributed by atoms with Crippen LogP contribution >= 0.6 is 11.6 Å². The normalized spacial score (nSPS) is 12.8. The van der Waals surface area contributed by atoms with Gasteiger partial charge in [-0.1, -0.05) is 54.9 Å². The van der Waals surface area contributed by atoms with Crippen LogP contribution in [0.15, 0.2) is 76.6 Å². The Kier molecular flexibility index (Phi) is 6.84. The van der Waals surface area contributed by atoms with Gasteiger partial charge in [-0.25, -0.2) is 4.98 Å². The molecule has 3 rings (SSSR count). The Morgan fingerprint density at radius 1 is 1.19 bits per heavy atom. The van der Waals surface area contributed by atoms with Gasteiger partial charge in [-0.15, -0.1) is 0 Å². The van der Waals surface area contributed by atoms with E-state index in [9.17, 15) is 22.8 Å². The number of halogens is 4. The molecule has 0 saturated heterocycles. The summed E-state index contributed by atoms with van der Waals surface area (Å²) in [5.74, 6) is -1.05. The van der Waals surface area contributed by atoms with Crippen LogP contribution in [-0.2, 0) is 4.79 Å². The molecule has 0 unspecified atom stereocenters. The van der Waals surface area contributed by atoms with Gasteiger partial charge in [0.05, 0.1) is 10.9 Å². The topological polar surface area (TPSA) is 64.0 Å². The maximum absolute atomic E-state index is 13.5. The monoisotopic (exact) mass is 461 g/mol. The molecule has 166 valence electrons. The number of rotatable bonds is 5. The summed E-state index contributed by atoms with van der Waals surface area (Å²) in [6.45, 7) is 2.80. The molecule has 0 aliphatic rings. The fourth-order valence-corrected chi connectivity index (χ4v) is 3.43. The minimum Gasteiger partial charge on any atom is -0.267 e. The lowest BCUT2D eigenvalue weighted by molar-refractivity contribution is -0.115. The SMILES string of the molecule is C/C=C\C(C(=O)Nn1c(-c2cccc(Cl)c2)nc2ccccc2c1=O)=C(/CC)C(F)(F)F. The summed E-state index contributed by atoms with van der Waals surface area (Å²) in [5, 5.41) is 0.560. The number of carbonyl (C=O) groups excluding carboxylic acids is 1. The van der Waals surface area contributed by atoms with Crippen molar-refractivity contribution < 1.29 is 18.0 Å². The molecule has 0 aliphatic heterocycles. The zero-order valence-corrected chi connectivity index (χ0v) is 18.0. The lowest BCUT2D eigenvalue weighted by Gasteiger charge is -2.18. The summed E-state index contributed by atoms with van der Waals surface area (Å²) in [5.41, 5.74) is 0.865. The summed E-state index contributed by atoms with van der Waals surface area (Å²) >= 11 is 6.07. The molecule has 0 bridgehead atoms. The van der Waals surface area contributed by atoms with E-state index in [1.807, 2.05) is 0 Å². The number of nitrogens with one attached hydrogen (secondary N) is 1. The number of hydrogen-bond acceptors (Lipinski definition) is 3. The zero-order valence-electron chi connectivity index (χ0n) is 17.2. The van der Waals surface area contributed by atoms with E-state index in [-0.39, 0.29) is 11.2 Å². The first kappa shape index (κ1) is 23.3. The van der Waals surface area contributed by atoms with Gasteiger partial charge in [0.25, 0.3) is 11.5 Å². The van der Waals surface area contributed by atoms with Crippen molar-refractivity contribution in [2.24, 2.45) is 0 Å². The Morgan fingerprint density at radius 3 is 2.53 bits per heavy atom. The highest BCUT2D eigenvalue weighted by Gasteiger charge is 2.36. The van der Waals surface area contributed by atoms with Crippen molar-refractivity contribution in [2.45, 2.75) is 26.4 Å². The van der Waals surface area contributed by atoms with Gasteiger partial charge >= 0.3 is 6.18 Å². The molecule has 0 atom stereocenters. The fraction of sp³-hybridized carbons (Fsp3) is 0.174. The first-order valence-electron chi connectivity index (χ1n) is 9.69. The van der Waals surface area contributed by atoms with Crippen molar-refractivity contribution >= 4 is 28.4 Å². The average molecular weight is 462 g/mol. The van der Waals surface area contributed by atoms with Gasteiger partial charge in [0, 0.05) is 21.7 Å². The largest absolute Gasteiger partial charge is 0.413 e. The molecule has 0 aliphatic carbocycles. The van der Waals surface area contributed by atoms with Crippen LogP contribution in [0.1, 0.15) is 20.3 Å². The Balaban J connectivity index is 2.25. The molecule has 0 radical (unpaired) electrons. The van der Waals surface area contributed by atoms with Crippen LogP contribution in [0.25, 0.3) is 22.3 Å². The van der Waals surface area contributed by atoms with E-state index < -0.39 is 35.2 Å². The molecule has 1 aromatic heterocycles. The number of nitrogens with zero attached hydrogens (tertiary/aromatic N) is 2. The summed E-state index contributed by atoms with van der Waals surface area (Å²) in [6.07, 6.45) is -2.72. The fourth-order valence-electron chi connectivity index (χ4n) is 3.24. The molecule has 1 heterocycles. The quantitative estimate of drug-likeness (QED) is 0.395. The number of alkyl halides is 3. The van der Waals surface area contributed by atoms with Crippen LogP contribution in [-0.4, -0.2) is 21.7 Å². The highest BCUT2D eigenvalue weighted by molar-refractivity contribution is 6.30. The van der Waals surface area contributed by atoms with Crippen LogP contribution in [0.4, 0.5) is 13.2 Å². The summed E-state index contributed by atoms with van der Waals surface area (Å²) in [7, 11) is 0. The lowest BCUT2D eigenvalue weighted by atomic mass is 10.0. The predicted octanol–water partition coefficient (Wildman–Crippen LogP) is 5.63. The minimum atomic E-state index is -4.71. The first-order valence-corrected chi connectivity index (χ1v) is 10.1. The van der Waals surface area contributed by atoms with Crippen molar-refractivity contribution in [1.82, 2.24) is 9.66 Å². The summed E-state index contributed by atoms with van der Waals surface area (Å²) in [4.78, 5) is 30.6. The molecule has 0 fully saturated rings. The summed E-state index contributed by atoms with van der Waals surface area (Å²) in [6, 6.07) is 12.9. The third kappa shape index (κ3) is 4.75. The minimum absolute atomic E-state index is 0.0365. The lowest BCUT2D eigenvalue weighted by Crippen LogP contribution is -2.36. The second-order valence-electron chi connectivity index (χ2n) is 6.79. The van der Waals surface area contributed by atoms with E-state index in [0.717, 1.165) is 10.8 Å². The molecule has 1 N–H and O–H groups in total. The maximum Gasteiger partial charge on any atom is 0.413 e.